The van der Waals surface area contributed by atoms with Gasteiger partial charge in [0.05, 0.1) is 6.54 Å². The van der Waals surface area contributed by atoms with Gasteiger partial charge in [-0.3, -0.25) is 4.99 Å². The van der Waals surface area contributed by atoms with Crippen LogP contribution in [-0.4, -0.2) is 39.3 Å². The van der Waals surface area contributed by atoms with Crippen molar-refractivity contribution < 1.29 is 0 Å². The molecule has 0 aliphatic rings. The van der Waals surface area contributed by atoms with E-state index in [1.807, 2.05) is 12.1 Å². The van der Waals surface area contributed by atoms with Crippen molar-refractivity contribution in [3.63, 3.8) is 0 Å². The van der Waals surface area contributed by atoms with Gasteiger partial charge in [-0.05, 0) is 17.5 Å². The molecule has 0 radical (unpaired) electrons. The van der Waals surface area contributed by atoms with Crippen LogP contribution in [0.25, 0.3) is 10.9 Å². The number of para-hydroxylation sites is 1. The number of hydrogen-bond donors (Lipinski definition) is 3. The van der Waals surface area contributed by atoms with Gasteiger partial charge < -0.3 is 20.2 Å². The van der Waals surface area contributed by atoms with Crippen molar-refractivity contribution in [1.29, 1.82) is 0 Å². The van der Waals surface area contributed by atoms with Crippen molar-refractivity contribution in [1.82, 2.24) is 30.4 Å². The molecule has 8 heteroatoms. The number of aliphatic imine (C=N–C) groups is 1. The van der Waals surface area contributed by atoms with Gasteiger partial charge in [0.15, 0.2) is 5.96 Å². The zero-order valence-corrected chi connectivity index (χ0v) is 16.8. The Bertz CT molecular complexity index is 788. The first kappa shape index (κ1) is 19.2. The topological polar surface area (TPSA) is 82.9 Å². The van der Waals surface area contributed by atoms with Crippen molar-refractivity contribution in [3.8, 4) is 0 Å². The van der Waals surface area contributed by atoms with E-state index < -0.39 is 0 Å². The first-order chi connectivity index (χ1) is 11.8. The Labute approximate surface area is 164 Å². The van der Waals surface area contributed by atoms with E-state index in [-0.39, 0.29) is 24.0 Å². The number of H-pyrrole nitrogens is 1. The summed E-state index contributed by atoms with van der Waals surface area (Å²) < 4.78 is 2.05. The summed E-state index contributed by atoms with van der Waals surface area (Å²) >= 11 is 0. The van der Waals surface area contributed by atoms with Gasteiger partial charge in [0.1, 0.15) is 12.2 Å². The Morgan fingerprint density at radius 2 is 2.12 bits per heavy atom. The SMILES string of the molecule is CCc1nncn1CCNC(=NC)NCc1cc2ccccc2[nH]1.I. The molecule has 2 heterocycles. The molecule has 0 saturated carbocycles. The van der Waals surface area contributed by atoms with Crippen molar-refractivity contribution in [2.75, 3.05) is 13.6 Å². The molecule has 0 saturated heterocycles. The number of hydrogen-bond acceptors (Lipinski definition) is 3. The number of guanidine groups is 1. The molecule has 0 amide bonds. The van der Waals surface area contributed by atoms with Crippen LogP contribution >= 0.6 is 24.0 Å². The second-order valence-electron chi connectivity index (χ2n) is 5.53. The largest absolute Gasteiger partial charge is 0.357 e. The van der Waals surface area contributed by atoms with Crippen LogP contribution in [0, 0.1) is 0 Å². The first-order valence-electron chi connectivity index (χ1n) is 8.18. The van der Waals surface area contributed by atoms with Crippen molar-refractivity contribution in [3.05, 3.63) is 48.2 Å². The van der Waals surface area contributed by atoms with E-state index in [1.165, 1.54) is 5.39 Å². The molecule has 0 aliphatic heterocycles. The van der Waals surface area contributed by atoms with Gasteiger partial charge in [0, 0.05) is 37.8 Å². The highest BCUT2D eigenvalue weighted by Crippen LogP contribution is 2.14. The molecule has 7 nitrogen and oxygen atoms in total. The van der Waals surface area contributed by atoms with Gasteiger partial charge in [-0.25, -0.2) is 0 Å². The monoisotopic (exact) mass is 453 g/mol. The fraction of sp³-hybridized carbons (Fsp3) is 0.353. The van der Waals surface area contributed by atoms with Gasteiger partial charge in [0.2, 0.25) is 0 Å². The zero-order valence-electron chi connectivity index (χ0n) is 14.5. The Kier molecular flexibility index (Phi) is 7.23. The van der Waals surface area contributed by atoms with Crippen LogP contribution in [0.5, 0.6) is 0 Å². The Balaban J connectivity index is 0.00000225. The predicted octanol–water partition coefficient (Wildman–Crippen LogP) is 2.31. The lowest BCUT2D eigenvalue weighted by molar-refractivity contribution is 0.632. The summed E-state index contributed by atoms with van der Waals surface area (Å²) in [6.45, 7) is 4.34. The molecule has 0 fully saturated rings. The summed E-state index contributed by atoms with van der Waals surface area (Å²) in [7, 11) is 1.77. The summed E-state index contributed by atoms with van der Waals surface area (Å²) in [6.07, 6.45) is 2.65. The molecule has 1 aromatic carbocycles. The number of aromatic nitrogens is 4. The number of aromatic amines is 1. The number of halogens is 1. The van der Waals surface area contributed by atoms with Gasteiger partial charge in [-0.2, -0.15) is 0 Å². The number of nitrogens with one attached hydrogen (secondary N) is 3. The minimum absolute atomic E-state index is 0. The second-order valence-corrected chi connectivity index (χ2v) is 5.53. The fourth-order valence-electron chi connectivity index (χ4n) is 2.66. The summed E-state index contributed by atoms with van der Waals surface area (Å²) in [5.74, 6) is 1.78. The van der Waals surface area contributed by atoms with Crippen LogP contribution in [0.2, 0.25) is 0 Å². The smallest absolute Gasteiger partial charge is 0.191 e. The molecule has 3 rings (SSSR count). The van der Waals surface area contributed by atoms with Crippen LogP contribution in [0.15, 0.2) is 41.7 Å². The Morgan fingerprint density at radius 3 is 2.88 bits per heavy atom. The lowest BCUT2D eigenvalue weighted by Crippen LogP contribution is -2.38. The van der Waals surface area contributed by atoms with Crippen LogP contribution in [-0.2, 0) is 19.5 Å². The van der Waals surface area contributed by atoms with E-state index in [4.69, 9.17) is 0 Å². The summed E-state index contributed by atoms with van der Waals surface area (Å²) in [6, 6.07) is 10.4. The van der Waals surface area contributed by atoms with Crippen LogP contribution in [0.3, 0.4) is 0 Å². The lowest BCUT2D eigenvalue weighted by atomic mass is 10.2. The maximum absolute atomic E-state index is 4.26. The minimum atomic E-state index is 0. The maximum atomic E-state index is 4.26. The van der Waals surface area contributed by atoms with E-state index in [0.717, 1.165) is 42.5 Å². The standard InChI is InChI=1S/C17H23N7.HI/c1-3-16-23-21-12-24(16)9-8-19-17(18-2)20-11-14-10-13-6-4-5-7-15(13)22-14;/h4-7,10,12,22H,3,8-9,11H2,1-2H3,(H2,18,19,20);1H. The molecule has 134 valence electrons. The number of nitrogens with zero attached hydrogens (tertiary/aromatic N) is 4. The van der Waals surface area contributed by atoms with E-state index in [9.17, 15) is 0 Å². The molecule has 3 N–H and O–H groups in total. The number of benzene rings is 1. The van der Waals surface area contributed by atoms with Crippen molar-refractivity contribution >= 4 is 40.8 Å². The van der Waals surface area contributed by atoms with Crippen LogP contribution < -0.4 is 10.6 Å². The molecule has 0 unspecified atom stereocenters. The molecular formula is C17H24IN7. The molecule has 0 spiro atoms. The van der Waals surface area contributed by atoms with E-state index >= 15 is 0 Å². The van der Waals surface area contributed by atoms with Gasteiger partial charge in [-0.15, -0.1) is 34.2 Å². The molecule has 2 aromatic heterocycles. The zero-order chi connectivity index (χ0) is 16.8. The average Bonchev–Trinajstić information content (AvgIpc) is 3.23. The highest BCUT2D eigenvalue weighted by Gasteiger charge is 2.04. The normalized spacial score (nSPS) is 11.4. The minimum Gasteiger partial charge on any atom is -0.357 e. The van der Waals surface area contributed by atoms with E-state index in [2.05, 4.69) is 60.5 Å². The fourth-order valence-corrected chi connectivity index (χ4v) is 2.66. The van der Waals surface area contributed by atoms with Gasteiger partial charge in [0.25, 0.3) is 0 Å². The third kappa shape index (κ3) is 4.94. The lowest BCUT2D eigenvalue weighted by Gasteiger charge is -2.12. The van der Waals surface area contributed by atoms with Gasteiger partial charge in [-0.1, -0.05) is 25.1 Å². The summed E-state index contributed by atoms with van der Waals surface area (Å²) in [5.41, 5.74) is 2.28. The quantitative estimate of drug-likeness (QED) is 0.304. The van der Waals surface area contributed by atoms with E-state index in [1.54, 1.807) is 13.4 Å². The molecule has 0 aliphatic carbocycles. The first-order valence-corrected chi connectivity index (χ1v) is 8.18. The van der Waals surface area contributed by atoms with Crippen molar-refractivity contribution in [2.24, 2.45) is 4.99 Å². The van der Waals surface area contributed by atoms with Gasteiger partial charge >= 0.3 is 0 Å². The third-order valence-electron chi connectivity index (χ3n) is 3.91. The highest BCUT2D eigenvalue weighted by atomic mass is 127. The molecule has 0 bridgehead atoms. The van der Waals surface area contributed by atoms with Crippen molar-refractivity contribution in [2.45, 2.75) is 26.4 Å². The molecule has 25 heavy (non-hydrogen) atoms. The third-order valence-corrected chi connectivity index (χ3v) is 3.91. The highest BCUT2D eigenvalue weighted by molar-refractivity contribution is 14.0. The maximum Gasteiger partial charge on any atom is 0.191 e. The number of fused-ring (bicyclic) bond motifs is 1. The molecule has 3 aromatic rings. The van der Waals surface area contributed by atoms with Crippen LogP contribution in [0.1, 0.15) is 18.4 Å². The average molecular weight is 453 g/mol. The summed E-state index contributed by atoms with van der Waals surface area (Å²) in [4.78, 5) is 7.66. The molecular weight excluding hydrogens is 429 g/mol. The second kappa shape index (κ2) is 9.40. The Morgan fingerprint density at radius 1 is 1.28 bits per heavy atom. The number of aryl methyl sites for hydroxylation is 1. The summed E-state index contributed by atoms with van der Waals surface area (Å²) in [5, 5.41) is 15.9. The predicted molar refractivity (Wildman–Crippen MR) is 111 cm³/mol. The van der Waals surface area contributed by atoms with Crippen LogP contribution in [0.4, 0.5) is 0 Å². The van der Waals surface area contributed by atoms with E-state index in [0.29, 0.717) is 6.54 Å². The Hall–Kier alpha value is -2.10. The number of rotatable bonds is 6. The molecule has 0 atom stereocenters.